The van der Waals surface area contributed by atoms with E-state index in [0.717, 1.165) is 35.4 Å². The molecule has 154 valence electrons. The lowest BCUT2D eigenvalue weighted by Gasteiger charge is -2.09. The summed E-state index contributed by atoms with van der Waals surface area (Å²) >= 11 is 0. The van der Waals surface area contributed by atoms with Crippen LogP contribution in [-0.4, -0.2) is 31.4 Å². The molecule has 8 nitrogen and oxygen atoms in total. The number of hydrogen-bond acceptors (Lipinski definition) is 6. The van der Waals surface area contributed by atoms with Crippen molar-refractivity contribution >= 4 is 23.2 Å². The van der Waals surface area contributed by atoms with Crippen LogP contribution in [0.1, 0.15) is 12.8 Å². The van der Waals surface area contributed by atoms with Gasteiger partial charge >= 0.3 is 0 Å². The van der Waals surface area contributed by atoms with Crippen molar-refractivity contribution in [2.24, 2.45) is 0 Å². The van der Waals surface area contributed by atoms with E-state index in [1.54, 1.807) is 22.9 Å². The average molecular weight is 412 g/mol. The van der Waals surface area contributed by atoms with E-state index in [1.165, 1.54) is 6.08 Å². The van der Waals surface area contributed by atoms with Gasteiger partial charge in [0.2, 0.25) is 17.7 Å². The molecular weight excluding hydrogens is 392 g/mol. The van der Waals surface area contributed by atoms with E-state index < -0.39 is 0 Å². The van der Waals surface area contributed by atoms with Crippen molar-refractivity contribution in [3.05, 3.63) is 67.5 Å². The number of ether oxygens (including phenoxy) is 1. The van der Waals surface area contributed by atoms with Crippen LogP contribution in [0.3, 0.4) is 0 Å². The number of fused-ring (bicyclic) bond motifs is 1. The maximum atomic E-state index is 11.5. The standard InChI is InChI=1S/C23H20N6O2/c1-2-19(30)27-16-6-3-14(4-7-16)21-22(29-18(28-21)11-12-25-23(29)24)15-5-10-20(26-13-15)31-17-8-9-17/h2-7,10-13,17H,1,8-9H2,(H2,24,25)(H,27,30). The van der Waals surface area contributed by atoms with Crippen molar-refractivity contribution in [3.8, 4) is 28.4 Å². The molecule has 4 aromatic rings. The van der Waals surface area contributed by atoms with E-state index >= 15 is 0 Å². The van der Waals surface area contributed by atoms with Crippen molar-refractivity contribution in [1.29, 1.82) is 0 Å². The molecule has 1 amide bonds. The highest BCUT2D eigenvalue weighted by molar-refractivity contribution is 5.99. The smallest absolute Gasteiger partial charge is 0.247 e. The number of amides is 1. The maximum Gasteiger partial charge on any atom is 0.247 e. The molecule has 0 radical (unpaired) electrons. The van der Waals surface area contributed by atoms with Crippen molar-refractivity contribution in [2.45, 2.75) is 18.9 Å². The zero-order chi connectivity index (χ0) is 21.4. The van der Waals surface area contributed by atoms with Crippen molar-refractivity contribution in [3.63, 3.8) is 0 Å². The van der Waals surface area contributed by atoms with Crippen LogP contribution in [0.4, 0.5) is 11.6 Å². The van der Waals surface area contributed by atoms with Crippen LogP contribution in [0, 0.1) is 0 Å². The summed E-state index contributed by atoms with van der Waals surface area (Å²) in [4.78, 5) is 25.0. The topological polar surface area (TPSA) is 107 Å². The van der Waals surface area contributed by atoms with Gasteiger partial charge in [-0.2, -0.15) is 0 Å². The van der Waals surface area contributed by atoms with Crippen LogP contribution in [0.5, 0.6) is 5.88 Å². The van der Waals surface area contributed by atoms with Gasteiger partial charge < -0.3 is 15.8 Å². The second-order valence-corrected chi connectivity index (χ2v) is 7.28. The van der Waals surface area contributed by atoms with E-state index in [1.807, 2.05) is 36.4 Å². The lowest BCUT2D eigenvalue weighted by atomic mass is 10.1. The quantitative estimate of drug-likeness (QED) is 0.468. The molecule has 8 heteroatoms. The molecule has 1 fully saturated rings. The van der Waals surface area contributed by atoms with Gasteiger partial charge in [0, 0.05) is 35.3 Å². The van der Waals surface area contributed by atoms with Gasteiger partial charge in [-0.1, -0.05) is 18.7 Å². The number of anilines is 2. The number of nitrogens with one attached hydrogen (secondary N) is 1. The molecule has 31 heavy (non-hydrogen) atoms. The molecule has 0 aliphatic heterocycles. The third kappa shape index (κ3) is 3.71. The lowest BCUT2D eigenvalue weighted by Crippen LogP contribution is -2.06. The Kier molecular flexibility index (Phi) is 4.59. The van der Waals surface area contributed by atoms with E-state index in [2.05, 4.69) is 21.9 Å². The second kappa shape index (κ2) is 7.56. The summed E-state index contributed by atoms with van der Waals surface area (Å²) in [6.07, 6.45) is 7.05. The number of imidazole rings is 1. The van der Waals surface area contributed by atoms with Crippen LogP contribution in [0.15, 0.2) is 67.5 Å². The van der Waals surface area contributed by atoms with Gasteiger partial charge in [0.1, 0.15) is 11.8 Å². The predicted octanol–water partition coefficient (Wildman–Crippen LogP) is 3.71. The summed E-state index contributed by atoms with van der Waals surface area (Å²) in [7, 11) is 0. The Labute approximate surface area is 178 Å². The second-order valence-electron chi connectivity index (χ2n) is 7.28. The Bertz CT molecular complexity index is 1270. The molecule has 1 aromatic carbocycles. The molecule has 1 aliphatic carbocycles. The zero-order valence-corrected chi connectivity index (χ0v) is 16.7. The van der Waals surface area contributed by atoms with E-state index in [4.69, 9.17) is 15.5 Å². The molecule has 3 N–H and O–H groups in total. The van der Waals surface area contributed by atoms with Gasteiger partial charge in [-0.3, -0.25) is 9.20 Å². The third-order valence-corrected chi connectivity index (χ3v) is 5.00. The molecule has 0 unspecified atom stereocenters. The highest BCUT2D eigenvalue weighted by atomic mass is 16.5. The molecule has 0 bridgehead atoms. The van der Waals surface area contributed by atoms with Crippen LogP contribution in [0.2, 0.25) is 0 Å². The molecule has 3 aromatic heterocycles. The van der Waals surface area contributed by atoms with Crippen LogP contribution in [0.25, 0.3) is 28.2 Å². The Hall–Kier alpha value is -4.20. The summed E-state index contributed by atoms with van der Waals surface area (Å²) in [5, 5.41) is 2.74. The van der Waals surface area contributed by atoms with Gasteiger partial charge in [-0.25, -0.2) is 15.0 Å². The summed E-state index contributed by atoms with van der Waals surface area (Å²) in [6.45, 7) is 3.47. The number of nitrogens with zero attached hydrogens (tertiary/aromatic N) is 4. The first-order valence-corrected chi connectivity index (χ1v) is 9.92. The number of hydrogen-bond donors (Lipinski definition) is 2. The number of nitrogen functional groups attached to an aromatic ring is 1. The SMILES string of the molecule is C=CC(=O)Nc1ccc(-c2nc3ccnc(N)n3c2-c2ccc(OC3CC3)nc2)cc1. The first-order valence-electron chi connectivity index (χ1n) is 9.92. The summed E-state index contributed by atoms with van der Waals surface area (Å²) < 4.78 is 7.57. The molecule has 3 heterocycles. The molecule has 1 saturated carbocycles. The number of pyridine rings is 1. The fraction of sp³-hybridized carbons (Fsp3) is 0.130. The monoisotopic (exact) mass is 412 g/mol. The highest BCUT2D eigenvalue weighted by Crippen LogP contribution is 2.35. The Morgan fingerprint density at radius 1 is 1.13 bits per heavy atom. The van der Waals surface area contributed by atoms with Gasteiger partial charge in [-0.15, -0.1) is 0 Å². The minimum Gasteiger partial charge on any atom is -0.474 e. The summed E-state index contributed by atoms with van der Waals surface area (Å²) in [6, 6.07) is 13.0. The maximum absolute atomic E-state index is 11.5. The van der Waals surface area contributed by atoms with Crippen LogP contribution < -0.4 is 15.8 Å². The summed E-state index contributed by atoms with van der Waals surface area (Å²) in [5.74, 6) is 0.675. The fourth-order valence-electron chi connectivity index (χ4n) is 3.34. The van der Waals surface area contributed by atoms with Crippen molar-refractivity contribution in [1.82, 2.24) is 19.4 Å². The molecule has 0 saturated heterocycles. The number of benzene rings is 1. The van der Waals surface area contributed by atoms with E-state index in [-0.39, 0.29) is 12.0 Å². The Balaban J connectivity index is 1.59. The lowest BCUT2D eigenvalue weighted by molar-refractivity contribution is -0.111. The van der Waals surface area contributed by atoms with Gasteiger partial charge in [-0.05, 0) is 43.2 Å². The Morgan fingerprint density at radius 3 is 2.58 bits per heavy atom. The van der Waals surface area contributed by atoms with Crippen LogP contribution >= 0.6 is 0 Å². The number of carbonyl (C=O) groups excluding carboxylic acids is 1. The normalized spacial score (nSPS) is 13.2. The molecule has 0 spiro atoms. The van der Waals surface area contributed by atoms with Gasteiger partial charge in [0.25, 0.3) is 0 Å². The Morgan fingerprint density at radius 2 is 1.90 bits per heavy atom. The first kappa shape index (κ1) is 18.8. The molecule has 1 aliphatic rings. The highest BCUT2D eigenvalue weighted by Gasteiger charge is 2.24. The third-order valence-electron chi connectivity index (χ3n) is 5.00. The largest absolute Gasteiger partial charge is 0.474 e. The van der Waals surface area contributed by atoms with Gasteiger partial charge in [0.15, 0.2) is 0 Å². The number of rotatable bonds is 6. The van der Waals surface area contributed by atoms with E-state index in [0.29, 0.717) is 23.2 Å². The predicted molar refractivity (Wildman–Crippen MR) is 119 cm³/mol. The van der Waals surface area contributed by atoms with Crippen LogP contribution in [-0.2, 0) is 4.79 Å². The summed E-state index contributed by atoms with van der Waals surface area (Å²) in [5.41, 5.74) is 10.8. The van der Waals surface area contributed by atoms with E-state index in [9.17, 15) is 4.79 Å². The van der Waals surface area contributed by atoms with Gasteiger partial charge in [0.05, 0.1) is 11.4 Å². The van der Waals surface area contributed by atoms with Crippen molar-refractivity contribution in [2.75, 3.05) is 11.1 Å². The molecular formula is C23H20N6O2. The fourth-order valence-corrected chi connectivity index (χ4v) is 3.34. The number of aromatic nitrogens is 4. The number of carbonyl (C=O) groups is 1. The minimum atomic E-state index is -0.264. The minimum absolute atomic E-state index is 0.264. The first-order chi connectivity index (χ1) is 15.1. The molecule has 0 atom stereocenters. The molecule has 5 rings (SSSR count). The zero-order valence-electron chi connectivity index (χ0n) is 16.7. The average Bonchev–Trinajstić information content (AvgIpc) is 3.51. The number of nitrogens with two attached hydrogens (primary N) is 1. The van der Waals surface area contributed by atoms with Crippen molar-refractivity contribution < 1.29 is 9.53 Å².